The van der Waals surface area contributed by atoms with Gasteiger partial charge >= 0.3 is 19.1 Å². The Morgan fingerprint density at radius 2 is 1.90 bits per heavy atom. The highest BCUT2D eigenvalue weighted by Crippen LogP contribution is 2.06. The summed E-state index contributed by atoms with van der Waals surface area (Å²) in [6, 6.07) is 0. The van der Waals surface area contributed by atoms with E-state index in [1.165, 1.54) is 0 Å². The number of carbonyl (C=O) groups excluding carboxylic acids is 2. The van der Waals surface area contributed by atoms with Crippen LogP contribution in [0.4, 0.5) is 0 Å². The molecule has 0 bridgehead atoms. The number of rotatable bonds is 1. The Morgan fingerprint density at radius 3 is 2.30 bits per heavy atom. The van der Waals surface area contributed by atoms with Crippen molar-refractivity contribution in [2.24, 2.45) is 0 Å². The van der Waals surface area contributed by atoms with E-state index in [0.29, 0.717) is 6.32 Å². The Hall–Kier alpha value is -0.995. The fraction of sp³-hybridized carbons (Fsp3) is 0.600. The van der Waals surface area contributed by atoms with Crippen LogP contribution in [0.5, 0.6) is 0 Å². The van der Waals surface area contributed by atoms with E-state index in [2.05, 4.69) is 9.31 Å². The van der Waals surface area contributed by atoms with Crippen LogP contribution in [-0.4, -0.2) is 19.1 Å². The quantitative estimate of drug-likeness (QED) is 0.381. The van der Waals surface area contributed by atoms with Gasteiger partial charge in [-0.1, -0.05) is 6.92 Å². The molecule has 5 heteroatoms. The molecule has 1 aliphatic heterocycles. The summed E-state index contributed by atoms with van der Waals surface area (Å²) in [4.78, 5) is 21.0. The van der Waals surface area contributed by atoms with Crippen molar-refractivity contribution in [3.05, 3.63) is 0 Å². The van der Waals surface area contributed by atoms with Gasteiger partial charge in [-0.25, -0.2) is 0 Å². The highest BCUT2D eigenvalue weighted by molar-refractivity contribution is 6.50. The Labute approximate surface area is 58.6 Å². The topological polar surface area (TPSA) is 52.6 Å². The van der Waals surface area contributed by atoms with Gasteiger partial charge in [0.05, 0.1) is 0 Å². The summed E-state index contributed by atoms with van der Waals surface area (Å²) in [5.41, 5.74) is 0. The summed E-state index contributed by atoms with van der Waals surface area (Å²) >= 11 is 0. The van der Waals surface area contributed by atoms with Crippen molar-refractivity contribution in [1.29, 1.82) is 0 Å². The molecule has 0 aromatic carbocycles. The van der Waals surface area contributed by atoms with Gasteiger partial charge in [0.15, 0.2) is 0 Å². The third-order valence-electron chi connectivity index (χ3n) is 1.15. The Bertz CT molecular complexity index is 151. The lowest BCUT2D eigenvalue weighted by Gasteiger charge is -2.16. The Morgan fingerprint density at radius 1 is 1.40 bits per heavy atom. The molecule has 4 nitrogen and oxygen atoms in total. The monoisotopic (exact) mass is 142 g/mol. The normalized spacial score (nSPS) is 18.3. The van der Waals surface area contributed by atoms with Crippen molar-refractivity contribution in [2.75, 3.05) is 0 Å². The van der Waals surface area contributed by atoms with Crippen LogP contribution in [0.1, 0.15) is 13.3 Å². The van der Waals surface area contributed by atoms with Crippen LogP contribution in [0.25, 0.3) is 0 Å². The molecule has 54 valence electrons. The highest BCUT2D eigenvalue weighted by Gasteiger charge is 2.32. The molecule has 0 aromatic rings. The van der Waals surface area contributed by atoms with Crippen molar-refractivity contribution in [2.45, 2.75) is 19.7 Å². The number of hydrogen-bond acceptors (Lipinski definition) is 4. The molecule has 1 saturated heterocycles. The van der Waals surface area contributed by atoms with Crippen molar-refractivity contribution in [1.82, 2.24) is 0 Å². The molecule has 10 heavy (non-hydrogen) atoms. The lowest BCUT2D eigenvalue weighted by atomic mass is 9.85. The maximum atomic E-state index is 10.5. The van der Waals surface area contributed by atoms with E-state index in [0.717, 1.165) is 0 Å². The van der Waals surface area contributed by atoms with Crippen LogP contribution in [0.2, 0.25) is 6.32 Å². The third kappa shape index (κ3) is 1.49. The summed E-state index contributed by atoms with van der Waals surface area (Å²) in [6.07, 6.45) is 0.258. The molecule has 0 unspecified atom stereocenters. The maximum Gasteiger partial charge on any atom is 0.598 e. The minimum absolute atomic E-state index is 0.253. The predicted octanol–water partition coefficient (Wildman–Crippen LogP) is -0.0154. The zero-order valence-electron chi connectivity index (χ0n) is 5.62. The van der Waals surface area contributed by atoms with Gasteiger partial charge in [0.1, 0.15) is 6.42 Å². The van der Waals surface area contributed by atoms with Crippen LogP contribution in [0, 0.1) is 0 Å². The van der Waals surface area contributed by atoms with Crippen LogP contribution >= 0.6 is 0 Å². The maximum absolute atomic E-state index is 10.5. The van der Waals surface area contributed by atoms with Crippen molar-refractivity contribution in [3.8, 4) is 0 Å². The Balaban J connectivity index is 2.50. The first-order chi connectivity index (χ1) is 4.72. The van der Waals surface area contributed by atoms with Gasteiger partial charge in [-0.3, -0.25) is 9.59 Å². The smallest absolute Gasteiger partial charge is 0.499 e. The fourth-order valence-corrected chi connectivity index (χ4v) is 0.685. The molecule has 0 saturated carbocycles. The summed E-state index contributed by atoms with van der Waals surface area (Å²) in [5, 5.41) is 0. The fourth-order valence-electron chi connectivity index (χ4n) is 0.685. The molecule has 1 aliphatic rings. The first-order valence-corrected chi connectivity index (χ1v) is 3.11. The number of hydrogen-bond donors (Lipinski definition) is 0. The SMILES string of the molecule is CCB1OC(=O)CC(=O)O1. The van der Waals surface area contributed by atoms with Crippen molar-refractivity contribution >= 4 is 19.1 Å². The van der Waals surface area contributed by atoms with Gasteiger partial charge in [0.2, 0.25) is 0 Å². The minimum atomic E-state index is -0.659. The summed E-state index contributed by atoms with van der Waals surface area (Å²) < 4.78 is 9.25. The van der Waals surface area contributed by atoms with Gasteiger partial charge in [-0.05, 0) is 0 Å². The molecular weight excluding hydrogens is 135 g/mol. The lowest BCUT2D eigenvalue weighted by Crippen LogP contribution is -2.35. The van der Waals surface area contributed by atoms with Crippen LogP contribution in [-0.2, 0) is 18.9 Å². The van der Waals surface area contributed by atoms with E-state index >= 15 is 0 Å². The van der Waals surface area contributed by atoms with Crippen molar-refractivity contribution in [3.63, 3.8) is 0 Å². The molecule has 0 radical (unpaired) electrons. The summed E-state index contributed by atoms with van der Waals surface area (Å²) in [7, 11) is -0.659. The summed E-state index contributed by atoms with van der Waals surface area (Å²) in [5.74, 6) is -0.994. The molecule has 0 N–H and O–H groups in total. The average Bonchev–Trinajstić information content (AvgIpc) is 1.85. The second-order valence-electron chi connectivity index (χ2n) is 1.99. The van der Waals surface area contributed by atoms with E-state index in [-0.39, 0.29) is 6.42 Å². The van der Waals surface area contributed by atoms with Gasteiger partial charge in [-0.2, -0.15) is 0 Å². The molecule has 0 aromatic heterocycles. The molecule has 0 spiro atoms. The molecular formula is C5H7BO4. The summed E-state index contributed by atoms with van der Waals surface area (Å²) in [6.45, 7) is 1.77. The van der Waals surface area contributed by atoms with Crippen LogP contribution in [0.15, 0.2) is 0 Å². The Kier molecular flexibility index (Phi) is 1.94. The van der Waals surface area contributed by atoms with E-state index in [4.69, 9.17) is 0 Å². The zero-order chi connectivity index (χ0) is 7.56. The van der Waals surface area contributed by atoms with Crippen molar-refractivity contribution < 1.29 is 18.9 Å². The van der Waals surface area contributed by atoms with Gasteiger partial charge in [-0.15, -0.1) is 0 Å². The molecule has 0 atom stereocenters. The predicted molar refractivity (Wildman–Crippen MR) is 33.0 cm³/mol. The average molecular weight is 142 g/mol. The van der Waals surface area contributed by atoms with Gasteiger partial charge in [0, 0.05) is 6.32 Å². The largest absolute Gasteiger partial charge is 0.598 e. The number of carbonyl (C=O) groups is 2. The first kappa shape index (κ1) is 7.12. The van der Waals surface area contributed by atoms with Crippen LogP contribution < -0.4 is 0 Å². The van der Waals surface area contributed by atoms with E-state index in [1.54, 1.807) is 6.92 Å². The molecule has 1 rings (SSSR count). The highest BCUT2D eigenvalue weighted by atomic mass is 16.7. The molecule has 1 fully saturated rings. The van der Waals surface area contributed by atoms with E-state index in [1.807, 2.05) is 0 Å². The third-order valence-corrected chi connectivity index (χ3v) is 1.15. The zero-order valence-corrected chi connectivity index (χ0v) is 5.62. The second kappa shape index (κ2) is 2.73. The molecule has 1 heterocycles. The van der Waals surface area contributed by atoms with Crippen LogP contribution in [0.3, 0.4) is 0 Å². The molecule has 0 aliphatic carbocycles. The standard InChI is InChI=1S/C5H7BO4/c1-2-6-9-4(7)3-5(8)10-6/h2-3H2,1H3. The van der Waals surface area contributed by atoms with E-state index < -0.39 is 19.1 Å². The lowest BCUT2D eigenvalue weighted by molar-refractivity contribution is -0.152. The molecule has 0 amide bonds. The van der Waals surface area contributed by atoms with E-state index in [9.17, 15) is 9.59 Å². The van der Waals surface area contributed by atoms with Gasteiger partial charge < -0.3 is 9.31 Å². The minimum Gasteiger partial charge on any atom is -0.499 e. The van der Waals surface area contributed by atoms with Gasteiger partial charge in [0.25, 0.3) is 0 Å². The second-order valence-corrected chi connectivity index (χ2v) is 1.99. The first-order valence-electron chi connectivity index (χ1n) is 3.11.